The van der Waals surface area contributed by atoms with Gasteiger partial charge in [0.1, 0.15) is 0 Å². The van der Waals surface area contributed by atoms with Crippen molar-refractivity contribution in [2.75, 3.05) is 9.46 Å². The Labute approximate surface area is 155 Å². The van der Waals surface area contributed by atoms with Gasteiger partial charge in [-0.25, -0.2) is 12.1 Å². The maximum Gasteiger partial charge on any atom is 0.273 e. The molecule has 0 unspecified atom stereocenters. The Hall–Kier alpha value is -0.590. The molecular weight excluding hydrogens is 397 g/mol. The maximum atomic E-state index is 12.9. The summed E-state index contributed by atoms with van der Waals surface area (Å²) in [5.41, 5.74) is 0.547. The predicted octanol–water partition coefficient (Wildman–Crippen LogP) is 5.29. The molecule has 0 saturated carbocycles. The summed E-state index contributed by atoms with van der Waals surface area (Å²) >= 11 is 18.3. The number of hydrogen-bond donors (Lipinski definition) is 0. The molecular formula is C15H14Cl3NO2S2. The van der Waals surface area contributed by atoms with Crippen LogP contribution in [0.15, 0.2) is 65.6 Å². The molecule has 23 heavy (non-hydrogen) atoms. The molecule has 0 heterocycles. The second-order valence-corrected chi connectivity index (χ2v) is 10.1. The fraction of sp³-hybridized carbons (Fsp3) is 0.200. The Morgan fingerprint density at radius 2 is 1.43 bits per heavy atom. The molecule has 2 rings (SSSR count). The molecule has 0 saturated heterocycles. The highest BCUT2D eigenvalue weighted by Crippen LogP contribution is 2.35. The molecule has 0 aromatic heterocycles. The Balaban J connectivity index is 2.30. The molecule has 0 bridgehead atoms. The van der Waals surface area contributed by atoms with E-state index in [9.17, 15) is 8.42 Å². The molecule has 0 amide bonds. The Kier molecular flexibility index (Phi) is 6.51. The van der Waals surface area contributed by atoms with E-state index in [0.717, 1.165) is 11.9 Å². The van der Waals surface area contributed by atoms with E-state index in [0.29, 0.717) is 11.4 Å². The van der Waals surface area contributed by atoms with Crippen LogP contribution in [0.1, 0.15) is 6.42 Å². The molecule has 0 aliphatic rings. The fourth-order valence-electron chi connectivity index (χ4n) is 1.76. The van der Waals surface area contributed by atoms with Gasteiger partial charge in [-0.2, -0.15) is 0 Å². The molecule has 0 spiro atoms. The van der Waals surface area contributed by atoms with Crippen LogP contribution < -0.4 is 3.71 Å². The lowest BCUT2D eigenvalue weighted by Crippen LogP contribution is -2.25. The van der Waals surface area contributed by atoms with Crippen molar-refractivity contribution in [3.05, 3.63) is 60.7 Å². The zero-order valence-electron chi connectivity index (χ0n) is 11.9. The molecule has 0 aliphatic carbocycles. The Morgan fingerprint density at radius 1 is 0.913 bits per heavy atom. The van der Waals surface area contributed by atoms with E-state index in [1.807, 2.05) is 6.07 Å². The number of rotatable bonds is 6. The van der Waals surface area contributed by atoms with Gasteiger partial charge in [-0.05, 0) is 36.2 Å². The van der Waals surface area contributed by atoms with Gasteiger partial charge in [0.2, 0.25) is 0 Å². The first kappa shape index (κ1) is 18.7. The topological polar surface area (TPSA) is 37.4 Å². The summed E-state index contributed by atoms with van der Waals surface area (Å²) in [7, 11) is -3.70. The van der Waals surface area contributed by atoms with Gasteiger partial charge in [-0.1, -0.05) is 71.2 Å². The van der Waals surface area contributed by atoms with Gasteiger partial charge >= 0.3 is 0 Å². The third-order valence-electron chi connectivity index (χ3n) is 2.82. The molecule has 0 N–H and O–H groups in total. The third-order valence-corrected chi connectivity index (χ3v) is 6.64. The van der Waals surface area contributed by atoms with Crippen molar-refractivity contribution >= 4 is 62.5 Å². The van der Waals surface area contributed by atoms with Crippen molar-refractivity contribution in [2.24, 2.45) is 0 Å². The zero-order valence-corrected chi connectivity index (χ0v) is 15.8. The number of hydrogen-bond acceptors (Lipinski definition) is 3. The number of anilines is 1. The second-order valence-electron chi connectivity index (χ2n) is 4.58. The van der Waals surface area contributed by atoms with Crippen molar-refractivity contribution in [1.82, 2.24) is 0 Å². The lowest BCUT2D eigenvalue weighted by molar-refractivity contribution is 0.598. The van der Waals surface area contributed by atoms with Crippen LogP contribution in [0.2, 0.25) is 0 Å². The van der Waals surface area contributed by atoms with Crippen molar-refractivity contribution in [1.29, 1.82) is 0 Å². The largest absolute Gasteiger partial charge is 0.273 e. The number of sulfonamides is 1. The first-order valence-corrected chi connectivity index (χ1v) is 10.2. The molecule has 2 aromatic carbocycles. The molecule has 0 atom stereocenters. The predicted molar refractivity (Wildman–Crippen MR) is 99.9 cm³/mol. The lowest BCUT2D eigenvalue weighted by Gasteiger charge is -2.23. The van der Waals surface area contributed by atoms with Crippen LogP contribution >= 0.6 is 46.8 Å². The standard InChI is InChI=1S/C15H14Cl3NO2S2/c16-15(17,18)11-12-22-19(13-7-3-1-4-8-13)23(20,21)14-9-5-2-6-10-14/h1-10H,11-12H2. The summed E-state index contributed by atoms with van der Waals surface area (Å²) in [5.74, 6) is 0.345. The second kappa shape index (κ2) is 7.99. The zero-order chi connectivity index (χ0) is 16.9. The van der Waals surface area contributed by atoms with E-state index < -0.39 is 13.8 Å². The SMILES string of the molecule is O=S(=O)(c1ccccc1)N(SCCC(Cl)(Cl)Cl)c1ccccc1. The summed E-state index contributed by atoms with van der Waals surface area (Å²) in [5, 5.41) is 0. The summed E-state index contributed by atoms with van der Waals surface area (Å²) in [4.78, 5) is 0.213. The Morgan fingerprint density at radius 3 is 1.96 bits per heavy atom. The highest BCUT2D eigenvalue weighted by atomic mass is 35.6. The average Bonchev–Trinajstić information content (AvgIpc) is 2.52. The van der Waals surface area contributed by atoms with Gasteiger partial charge < -0.3 is 0 Å². The highest BCUT2D eigenvalue weighted by Gasteiger charge is 2.27. The number of benzene rings is 2. The number of halogens is 3. The minimum atomic E-state index is -3.70. The Bertz CT molecular complexity index is 719. The maximum absolute atomic E-state index is 12.9. The minimum absolute atomic E-state index is 0.213. The molecule has 8 heteroatoms. The lowest BCUT2D eigenvalue weighted by atomic mass is 10.3. The van der Waals surface area contributed by atoms with Crippen LogP contribution in [0.3, 0.4) is 0 Å². The van der Waals surface area contributed by atoms with Crippen LogP contribution in [-0.2, 0) is 10.0 Å². The molecule has 0 aliphatic heterocycles. The minimum Gasteiger partial charge on any atom is -0.208 e. The van der Waals surface area contributed by atoms with Gasteiger partial charge in [0.25, 0.3) is 10.0 Å². The van der Waals surface area contributed by atoms with E-state index in [2.05, 4.69) is 0 Å². The number of para-hydroxylation sites is 1. The number of alkyl halides is 3. The number of nitrogens with zero attached hydrogens (tertiary/aromatic N) is 1. The van der Waals surface area contributed by atoms with Crippen molar-refractivity contribution in [2.45, 2.75) is 15.1 Å². The monoisotopic (exact) mass is 409 g/mol. The van der Waals surface area contributed by atoms with Crippen LogP contribution in [0.5, 0.6) is 0 Å². The van der Waals surface area contributed by atoms with E-state index in [1.165, 1.54) is 3.71 Å². The summed E-state index contributed by atoms with van der Waals surface area (Å²) in [6.45, 7) is 0. The van der Waals surface area contributed by atoms with Gasteiger partial charge in [0.05, 0.1) is 10.6 Å². The summed E-state index contributed by atoms with van der Waals surface area (Å²) < 4.78 is 25.6. The van der Waals surface area contributed by atoms with Gasteiger partial charge in [-0.3, -0.25) is 0 Å². The van der Waals surface area contributed by atoms with Gasteiger partial charge in [0.15, 0.2) is 3.79 Å². The first-order valence-electron chi connectivity index (χ1n) is 6.66. The molecule has 124 valence electrons. The van der Waals surface area contributed by atoms with Gasteiger partial charge in [-0.15, -0.1) is 0 Å². The van der Waals surface area contributed by atoms with E-state index in [4.69, 9.17) is 34.8 Å². The third kappa shape index (κ3) is 5.47. The van der Waals surface area contributed by atoms with E-state index in [1.54, 1.807) is 54.6 Å². The van der Waals surface area contributed by atoms with Crippen molar-refractivity contribution in [3.63, 3.8) is 0 Å². The average molecular weight is 411 g/mol. The highest BCUT2D eigenvalue weighted by molar-refractivity contribution is 8.14. The molecule has 0 radical (unpaired) electrons. The van der Waals surface area contributed by atoms with Gasteiger partial charge in [0, 0.05) is 12.2 Å². The summed E-state index contributed by atoms with van der Waals surface area (Å²) in [6, 6.07) is 17.1. The van der Waals surface area contributed by atoms with E-state index in [-0.39, 0.29) is 11.3 Å². The molecule has 2 aromatic rings. The molecule has 0 fully saturated rings. The molecule has 3 nitrogen and oxygen atoms in total. The van der Waals surface area contributed by atoms with Crippen LogP contribution in [0, 0.1) is 0 Å². The first-order chi connectivity index (χ1) is 10.8. The smallest absolute Gasteiger partial charge is 0.208 e. The fourth-order valence-corrected chi connectivity index (χ4v) is 5.35. The van der Waals surface area contributed by atoms with Crippen LogP contribution in [0.25, 0.3) is 0 Å². The van der Waals surface area contributed by atoms with Crippen molar-refractivity contribution < 1.29 is 8.42 Å². The van der Waals surface area contributed by atoms with Crippen molar-refractivity contribution in [3.8, 4) is 0 Å². The van der Waals surface area contributed by atoms with E-state index >= 15 is 0 Å². The van der Waals surface area contributed by atoms with Crippen LogP contribution in [-0.4, -0.2) is 18.0 Å². The quantitative estimate of drug-likeness (QED) is 0.479. The summed E-state index contributed by atoms with van der Waals surface area (Å²) in [6.07, 6.45) is 0.232. The normalized spacial score (nSPS) is 12.1. The van der Waals surface area contributed by atoms with Crippen LogP contribution in [0.4, 0.5) is 5.69 Å².